The Morgan fingerprint density at radius 1 is 0.920 bits per heavy atom. The van der Waals surface area contributed by atoms with Gasteiger partial charge in [-0.1, -0.05) is 53.7 Å². The number of benzene rings is 1. The molecule has 0 aromatic heterocycles. The predicted octanol–water partition coefficient (Wildman–Crippen LogP) is 6.22. The molecule has 0 saturated carbocycles. The molecule has 1 unspecified atom stereocenters. The van der Waals surface area contributed by atoms with Crippen molar-refractivity contribution in [2.45, 2.75) is 80.3 Å². The second-order valence-corrected chi connectivity index (χ2v) is 9.78. The van der Waals surface area contributed by atoms with E-state index in [0.717, 1.165) is 5.75 Å². The first-order chi connectivity index (χ1) is 11.2. The number of ether oxygens (including phenoxy) is 2. The lowest BCUT2D eigenvalue weighted by molar-refractivity contribution is -0.138. The van der Waals surface area contributed by atoms with Crippen molar-refractivity contribution in [1.82, 2.24) is 0 Å². The highest BCUT2D eigenvalue weighted by Crippen LogP contribution is 2.43. The maximum absolute atomic E-state index is 9.60. The normalized spacial score (nSPS) is 13.4. The Bertz CT molecular complexity index is 496. The summed E-state index contributed by atoms with van der Waals surface area (Å²) < 4.78 is 9.78. The highest BCUT2D eigenvalue weighted by molar-refractivity contribution is 5.37. The van der Waals surface area contributed by atoms with Crippen LogP contribution in [0.5, 0.6) is 5.75 Å². The molecule has 1 aromatic rings. The molecule has 25 heavy (non-hydrogen) atoms. The van der Waals surface area contributed by atoms with Crippen LogP contribution in [-0.4, -0.2) is 19.2 Å². The van der Waals surface area contributed by atoms with E-state index in [9.17, 15) is 4.79 Å². The van der Waals surface area contributed by atoms with Gasteiger partial charge in [0, 0.05) is 0 Å². The Balaban J connectivity index is 0.000000697. The van der Waals surface area contributed by atoms with Crippen LogP contribution in [0.3, 0.4) is 0 Å². The Morgan fingerprint density at radius 3 is 1.64 bits per heavy atom. The van der Waals surface area contributed by atoms with Crippen LogP contribution in [0.15, 0.2) is 24.3 Å². The van der Waals surface area contributed by atoms with E-state index in [1.54, 1.807) is 7.11 Å². The van der Waals surface area contributed by atoms with E-state index in [0.29, 0.717) is 17.8 Å². The maximum Gasteiger partial charge on any atom is 0.293 e. The van der Waals surface area contributed by atoms with Crippen molar-refractivity contribution in [3.05, 3.63) is 29.8 Å². The quantitative estimate of drug-likeness (QED) is 0.605. The Kier molecular flexibility index (Phi) is 8.70. The van der Waals surface area contributed by atoms with Gasteiger partial charge in [0.15, 0.2) is 0 Å². The molecule has 0 fully saturated rings. The Hall–Kier alpha value is -1.51. The average Bonchev–Trinajstić information content (AvgIpc) is 2.42. The van der Waals surface area contributed by atoms with Crippen molar-refractivity contribution in [3.8, 4) is 5.75 Å². The van der Waals surface area contributed by atoms with Crippen molar-refractivity contribution < 1.29 is 14.3 Å². The van der Waals surface area contributed by atoms with Gasteiger partial charge in [-0.2, -0.15) is 0 Å². The lowest BCUT2D eigenvalue weighted by atomic mass is 9.69. The topological polar surface area (TPSA) is 35.5 Å². The second-order valence-electron chi connectivity index (χ2n) is 9.78. The lowest BCUT2D eigenvalue weighted by Gasteiger charge is -2.36. The summed E-state index contributed by atoms with van der Waals surface area (Å²) in [5.74, 6) is 1.51. The number of carbonyl (C=O) groups excluding carboxylic acids is 1. The zero-order chi connectivity index (χ0) is 19.9. The standard InChI is InChI=1S/C17H28O.C5H10O2/c1-16(2,3)12-15(17(4,5)6)13-8-10-14(18-7)11-9-13;1-5(2,3)7-4-6/h8-11,15H,12H2,1-7H3;4H,1-3H3. The van der Waals surface area contributed by atoms with Gasteiger partial charge in [0.2, 0.25) is 0 Å². The molecule has 0 amide bonds. The van der Waals surface area contributed by atoms with Crippen molar-refractivity contribution in [2.24, 2.45) is 10.8 Å². The minimum absolute atomic E-state index is 0.280. The minimum atomic E-state index is -0.318. The van der Waals surface area contributed by atoms with Crippen LogP contribution in [-0.2, 0) is 9.53 Å². The monoisotopic (exact) mass is 350 g/mol. The summed E-state index contributed by atoms with van der Waals surface area (Å²) in [5, 5.41) is 0. The van der Waals surface area contributed by atoms with Crippen molar-refractivity contribution in [3.63, 3.8) is 0 Å². The SMILES string of the molecule is CC(C)(C)OC=O.COc1ccc(C(CC(C)(C)C)C(C)(C)C)cc1. The minimum Gasteiger partial charge on any atom is -0.497 e. The van der Waals surface area contributed by atoms with Gasteiger partial charge in [-0.25, -0.2) is 0 Å². The van der Waals surface area contributed by atoms with Gasteiger partial charge >= 0.3 is 0 Å². The smallest absolute Gasteiger partial charge is 0.293 e. The van der Waals surface area contributed by atoms with E-state index in [4.69, 9.17) is 4.74 Å². The van der Waals surface area contributed by atoms with Crippen molar-refractivity contribution in [1.29, 1.82) is 0 Å². The van der Waals surface area contributed by atoms with Crippen LogP contribution in [0.4, 0.5) is 0 Å². The van der Waals surface area contributed by atoms with Gasteiger partial charge in [0.25, 0.3) is 6.47 Å². The summed E-state index contributed by atoms with van der Waals surface area (Å²) in [7, 11) is 1.71. The fourth-order valence-corrected chi connectivity index (χ4v) is 2.52. The average molecular weight is 351 g/mol. The third kappa shape index (κ3) is 10.9. The highest BCUT2D eigenvalue weighted by Gasteiger charge is 2.30. The molecular formula is C22H38O3. The Morgan fingerprint density at radius 2 is 1.40 bits per heavy atom. The molecule has 0 saturated heterocycles. The molecule has 0 spiro atoms. The largest absolute Gasteiger partial charge is 0.497 e. The molecule has 1 atom stereocenters. The van der Waals surface area contributed by atoms with Gasteiger partial charge in [0.1, 0.15) is 11.4 Å². The fourth-order valence-electron chi connectivity index (χ4n) is 2.52. The molecule has 0 bridgehead atoms. The molecule has 0 N–H and O–H groups in total. The van der Waals surface area contributed by atoms with E-state index in [-0.39, 0.29) is 11.0 Å². The molecule has 3 nitrogen and oxygen atoms in total. The lowest BCUT2D eigenvalue weighted by Crippen LogP contribution is -2.23. The number of carbonyl (C=O) groups is 1. The van der Waals surface area contributed by atoms with E-state index in [1.807, 2.05) is 20.8 Å². The van der Waals surface area contributed by atoms with E-state index in [1.165, 1.54) is 12.0 Å². The molecule has 3 heteroatoms. The van der Waals surface area contributed by atoms with Gasteiger partial charge in [-0.05, 0) is 61.6 Å². The molecule has 0 heterocycles. The first kappa shape index (κ1) is 23.5. The van der Waals surface area contributed by atoms with Crippen LogP contribution < -0.4 is 4.74 Å². The summed E-state index contributed by atoms with van der Waals surface area (Å²) in [6.07, 6.45) is 1.20. The summed E-state index contributed by atoms with van der Waals surface area (Å²) in [6, 6.07) is 8.55. The predicted molar refractivity (Wildman–Crippen MR) is 106 cm³/mol. The van der Waals surface area contributed by atoms with Gasteiger partial charge in [0.05, 0.1) is 7.11 Å². The van der Waals surface area contributed by atoms with E-state index < -0.39 is 0 Å². The van der Waals surface area contributed by atoms with Crippen molar-refractivity contribution >= 4 is 6.47 Å². The third-order valence-electron chi connectivity index (χ3n) is 3.78. The maximum atomic E-state index is 9.60. The number of rotatable bonds is 4. The molecule has 1 aromatic carbocycles. The molecule has 0 radical (unpaired) electrons. The van der Waals surface area contributed by atoms with E-state index in [2.05, 4.69) is 70.5 Å². The number of hydrogen-bond acceptors (Lipinski definition) is 3. The summed E-state index contributed by atoms with van der Waals surface area (Å²) >= 11 is 0. The van der Waals surface area contributed by atoms with Gasteiger partial charge < -0.3 is 9.47 Å². The summed E-state index contributed by atoms with van der Waals surface area (Å²) in [6.45, 7) is 19.8. The van der Waals surface area contributed by atoms with Crippen LogP contribution in [0, 0.1) is 10.8 Å². The zero-order valence-corrected chi connectivity index (χ0v) is 17.9. The molecule has 0 aliphatic heterocycles. The second kappa shape index (κ2) is 9.26. The van der Waals surface area contributed by atoms with Crippen LogP contribution in [0.25, 0.3) is 0 Å². The first-order valence-electron chi connectivity index (χ1n) is 8.95. The number of hydrogen-bond donors (Lipinski definition) is 0. The molecule has 144 valence electrons. The zero-order valence-electron chi connectivity index (χ0n) is 17.9. The highest BCUT2D eigenvalue weighted by atomic mass is 16.5. The van der Waals surface area contributed by atoms with Crippen LogP contribution >= 0.6 is 0 Å². The summed E-state index contributed by atoms with van der Waals surface area (Å²) in [4.78, 5) is 9.60. The van der Waals surface area contributed by atoms with Crippen LogP contribution in [0.1, 0.15) is 80.2 Å². The van der Waals surface area contributed by atoms with Crippen molar-refractivity contribution in [2.75, 3.05) is 7.11 Å². The van der Waals surface area contributed by atoms with E-state index >= 15 is 0 Å². The molecule has 0 aliphatic rings. The Labute approximate surface area is 155 Å². The third-order valence-corrected chi connectivity index (χ3v) is 3.78. The number of methoxy groups -OCH3 is 1. The fraction of sp³-hybridized carbons (Fsp3) is 0.682. The molecule has 1 rings (SSSR count). The first-order valence-corrected chi connectivity index (χ1v) is 8.95. The van der Waals surface area contributed by atoms with Crippen LogP contribution in [0.2, 0.25) is 0 Å². The van der Waals surface area contributed by atoms with Gasteiger partial charge in [-0.3, -0.25) is 4.79 Å². The summed E-state index contributed by atoms with van der Waals surface area (Å²) in [5.41, 5.74) is 1.72. The molecular weight excluding hydrogens is 312 g/mol. The van der Waals surface area contributed by atoms with Gasteiger partial charge in [-0.15, -0.1) is 0 Å². The molecule has 0 aliphatic carbocycles.